The van der Waals surface area contributed by atoms with Crippen LogP contribution in [0.15, 0.2) is 48.8 Å². The van der Waals surface area contributed by atoms with Crippen molar-refractivity contribution >= 4 is 34.0 Å². The lowest BCUT2D eigenvalue weighted by atomic mass is 10.0. The van der Waals surface area contributed by atoms with Crippen molar-refractivity contribution in [2.24, 2.45) is 0 Å². The SMILES string of the molecule is Nc1ncnc(NCc2cccc3ccccc23)c1Cl. The van der Waals surface area contributed by atoms with E-state index in [4.69, 9.17) is 17.3 Å². The number of halogens is 1. The van der Waals surface area contributed by atoms with Crippen molar-refractivity contribution in [3.05, 3.63) is 59.4 Å². The van der Waals surface area contributed by atoms with Crippen molar-refractivity contribution in [3.63, 3.8) is 0 Å². The zero-order valence-corrected chi connectivity index (χ0v) is 11.4. The number of nitrogens with two attached hydrogens (primary N) is 1. The van der Waals surface area contributed by atoms with Crippen molar-refractivity contribution in [2.75, 3.05) is 11.1 Å². The summed E-state index contributed by atoms with van der Waals surface area (Å²) >= 11 is 6.07. The normalized spacial score (nSPS) is 10.7. The average Bonchev–Trinajstić information content (AvgIpc) is 2.49. The predicted molar refractivity (Wildman–Crippen MR) is 82.7 cm³/mol. The van der Waals surface area contributed by atoms with Crippen molar-refractivity contribution < 1.29 is 0 Å². The number of benzene rings is 2. The van der Waals surface area contributed by atoms with Crippen LogP contribution in [0.2, 0.25) is 5.02 Å². The standard InChI is InChI=1S/C15H13ClN4/c16-13-14(17)19-9-20-15(13)18-8-11-6-3-5-10-4-1-2-7-12(10)11/h1-7,9H,8H2,(H3,17,18,19,20). The van der Waals surface area contributed by atoms with Gasteiger partial charge in [0.05, 0.1) is 0 Å². The molecule has 0 aliphatic heterocycles. The van der Waals surface area contributed by atoms with Crippen LogP contribution >= 0.6 is 11.6 Å². The molecule has 3 rings (SSSR count). The van der Waals surface area contributed by atoms with E-state index < -0.39 is 0 Å². The first kappa shape index (κ1) is 12.7. The van der Waals surface area contributed by atoms with Crippen LogP contribution in [0.3, 0.4) is 0 Å². The van der Waals surface area contributed by atoms with E-state index in [0.29, 0.717) is 17.4 Å². The molecular formula is C15H13ClN4. The first-order valence-electron chi connectivity index (χ1n) is 6.22. The van der Waals surface area contributed by atoms with E-state index in [1.165, 1.54) is 22.7 Å². The Morgan fingerprint density at radius 1 is 1.05 bits per heavy atom. The van der Waals surface area contributed by atoms with Gasteiger partial charge in [-0.3, -0.25) is 0 Å². The number of fused-ring (bicyclic) bond motifs is 1. The molecule has 3 aromatic rings. The van der Waals surface area contributed by atoms with E-state index in [2.05, 4.69) is 39.6 Å². The van der Waals surface area contributed by atoms with Crippen LogP contribution in [0.25, 0.3) is 10.8 Å². The Balaban J connectivity index is 1.89. The van der Waals surface area contributed by atoms with E-state index in [0.717, 1.165) is 0 Å². The van der Waals surface area contributed by atoms with Gasteiger partial charge in [-0.2, -0.15) is 0 Å². The summed E-state index contributed by atoms with van der Waals surface area (Å²) in [6, 6.07) is 14.5. The number of anilines is 2. The van der Waals surface area contributed by atoms with Crippen molar-refractivity contribution in [1.29, 1.82) is 0 Å². The molecule has 0 aliphatic carbocycles. The molecule has 0 saturated carbocycles. The monoisotopic (exact) mass is 284 g/mol. The zero-order chi connectivity index (χ0) is 13.9. The summed E-state index contributed by atoms with van der Waals surface area (Å²) in [7, 11) is 0. The summed E-state index contributed by atoms with van der Waals surface area (Å²) < 4.78 is 0. The summed E-state index contributed by atoms with van der Waals surface area (Å²) in [5.74, 6) is 0.828. The zero-order valence-electron chi connectivity index (χ0n) is 10.7. The van der Waals surface area contributed by atoms with Gasteiger partial charge in [0.2, 0.25) is 0 Å². The summed E-state index contributed by atoms with van der Waals surface area (Å²) in [6.07, 6.45) is 1.40. The van der Waals surface area contributed by atoms with Gasteiger partial charge < -0.3 is 11.1 Å². The van der Waals surface area contributed by atoms with E-state index in [9.17, 15) is 0 Å². The summed E-state index contributed by atoms with van der Waals surface area (Å²) in [5, 5.41) is 5.97. The number of hydrogen-bond acceptors (Lipinski definition) is 4. The minimum absolute atomic E-state index is 0.280. The maximum Gasteiger partial charge on any atom is 0.150 e. The van der Waals surface area contributed by atoms with Gasteiger partial charge in [0.15, 0.2) is 5.82 Å². The van der Waals surface area contributed by atoms with Crippen LogP contribution in [0, 0.1) is 0 Å². The van der Waals surface area contributed by atoms with E-state index in [1.54, 1.807) is 0 Å². The lowest BCUT2D eigenvalue weighted by Crippen LogP contribution is -2.04. The summed E-state index contributed by atoms with van der Waals surface area (Å²) in [5.41, 5.74) is 6.83. The van der Waals surface area contributed by atoms with Crippen molar-refractivity contribution in [3.8, 4) is 0 Å². The molecule has 20 heavy (non-hydrogen) atoms. The van der Waals surface area contributed by atoms with Crippen LogP contribution in [-0.4, -0.2) is 9.97 Å². The van der Waals surface area contributed by atoms with Gasteiger partial charge in [0.25, 0.3) is 0 Å². The molecule has 2 aromatic carbocycles. The molecule has 5 heteroatoms. The largest absolute Gasteiger partial charge is 0.382 e. The Hall–Kier alpha value is -2.33. The lowest BCUT2D eigenvalue weighted by molar-refractivity contribution is 1.09. The Morgan fingerprint density at radius 2 is 1.85 bits per heavy atom. The van der Waals surface area contributed by atoms with Gasteiger partial charge in [-0.25, -0.2) is 9.97 Å². The molecule has 0 saturated heterocycles. The molecule has 0 aliphatic rings. The number of nitrogens with one attached hydrogen (secondary N) is 1. The highest BCUT2D eigenvalue weighted by molar-refractivity contribution is 6.35. The third kappa shape index (κ3) is 2.38. The second kappa shape index (κ2) is 5.35. The van der Waals surface area contributed by atoms with Crippen molar-refractivity contribution in [2.45, 2.75) is 6.54 Å². The molecule has 1 aromatic heterocycles. The number of nitrogen functional groups attached to an aromatic ring is 1. The fourth-order valence-corrected chi connectivity index (χ4v) is 2.30. The molecule has 0 atom stereocenters. The van der Waals surface area contributed by atoms with Crippen LogP contribution < -0.4 is 11.1 Å². The molecule has 4 nitrogen and oxygen atoms in total. The number of nitrogens with zero attached hydrogens (tertiary/aromatic N) is 2. The molecule has 0 spiro atoms. The highest BCUT2D eigenvalue weighted by Crippen LogP contribution is 2.25. The topological polar surface area (TPSA) is 63.8 Å². The average molecular weight is 285 g/mol. The molecule has 0 fully saturated rings. The molecule has 0 bridgehead atoms. The highest BCUT2D eigenvalue weighted by atomic mass is 35.5. The molecule has 0 unspecified atom stereocenters. The Labute approximate surface area is 121 Å². The maximum absolute atomic E-state index is 6.07. The van der Waals surface area contributed by atoms with Gasteiger partial charge in [-0.15, -0.1) is 0 Å². The van der Waals surface area contributed by atoms with Crippen LogP contribution in [0.4, 0.5) is 11.6 Å². The molecule has 100 valence electrons. The number of rotatable bonds is 3. The molecule has 0 radical (unpaired) electrons. The van der Waals surface area contributed by atoms with Crippen molar-refractivity contribution in [1.82, 2.24) is 9.97 Å². The quantitative estimate of drug-likeness (QED) is 0.773. The van der Waals surface area contributed by atoms with E-state index >= 15 is 0 Å². The van der Waals surface area contributed by atoms with Crippen LogP contribution in [-0.2, 0) is 6.54 Å². The Morgan fingerprint density at radius 3 is 2.75 bits per heavy atom. The summed E-state index contributed by atoms with van der Waals surface area (Å²) in [4.78, 5) is 7.94. The molecule has 1 heterocycles. The van der Waals surface area contributed by atoms with Crippen LogP contribution in [0.1, 0.15) is 5.56 Å². The first-order valence-corrected chi connectivity index (χ1v) is 6.60. The molecule has 0 amide bonds. The third-order valence-corrected chi connectivity index (χ3v) is 3.52. The predicted octanol–water partition coefficient (Wildman–Crippen LogP) is 3.48. The molecule has 3 N–H and O–H groups in total. The van der Waals surface area contributed by atoms with Gasteiger partial charge in [0.1, 0.15) is 17.2 Å². The Kier molecular flexibility index (Phi) is 3.39. The summed E-state index contributed by atoms with van der Waals surface area (Å²) in [6.45, 7) is 0.623. The van der Waals surface area contributed by atoms with E-state index in [-0.39, 0.29) is 5.82 Å². The number of aromatic nitrogens is 2. The fourth-order valence-electron chi connectivity index (χ4n) is 2.13. The Bertz CT molecular complexity index is 752. The van der Waals surface area contributed by atoms with Gasteiger partial charge in [-0.05, 0) is 16.3 Å². The van der Waals surface area contributed by atoms with Crippen LogP contribution in [0.5, 0.6) is 0 Å². The molecular weight excluding hydrogens is 272 g/mol. The maximum atomic E-state index is 6.07. The smallest absolute Gasteiger partial charge is 0.150 e. The van der Waals surface area contributed by atoms with Gasteiger partial charge in [-0.1, -0.05) is 54.1 Å². The fraction of sp³-hybridized carbons (Fsp3) is 0.0667. The second-order valence-corrected chi connectivity index (χ2v) is 4.79. The highest BCUT2D eigenvalue weighted by Gasteiger charge is 2.06. The minimum Gasteiger partial charge on any atom is -0.382 e. The second-order valence-electron chi connectivity index (χ2n) is 4.41. The minimum atomic E-state index is 0.280. The van der Waals surface area contributed by atoms with E-state index in [1.807, 2.05) is 18.2 Å². The third-order valence-electron chi connectivity index (χ3n) is 3.14. The van der Waals surface area contributed by atoms with Gasteiger partial charge >= 0.3 is 0 Å². The first-order chi connectivity index (χ1) is 9.75. The number of hydrogen-bond donors (Lipinski definition) is 2. The van der Waals surface area contributed by atoms with Gasteiger partial charge in [0, 0.05) is 6.54 Å². The lowest BCUT2D eigenvalue weighted by Gasteiger charge is -2.10.